The molecule has 1 aliphatic heterocycles. The van der Waals surface area contributed by atoms with Crippen LogP contribution in [0.4, 0.5) is 17.6 Å². The summed E-state index contributed by atoms with van der Waals surface area (Å²) in [5.41, 5.74) is 1.06. The minimum atomic E-state index is -4.69. The third-order valence-electron chi connectivity index (χ3n) is 6.65. The van der Waals surface area contributed by atoms with Crippen LogP contribution in [0, 0.1) is 5.82 Å². The highest BCUT2D eigenvalue weighted by molar-refractivity contribution is 5.79. The van der Waals surface area contributed by atoms with Gasteiger partial charge in [0.2, 0.25) is 5.88 Å². The van der Waals surface area contributed by atoms with Crippen molar-refractivity contribution in [2.24, 2.45) is 0 Å². The van der Waals surface area contributed by atoms with E-state index >= 15 is 0 Å². The van der Waals surface area contributed by atoms with E-state index in [9.17, 15) is 22.4 Å². The number of benzene rings is 2. The molecular weight excluding hydrogens is 516 g/mol. The van der Waals surface area contributed by atoms with Crippen molar-refractivity contribution in [2.75, 3.05) is 26.3 Å². The van der Waals surface area contributed by atoms with Crippen molar-refractivity contribution in [3.05, 3.63) is 93.4 Å². The normalized spacial score (nSPS) is 14.6. The minimum Gasteiger partial charge on any atom is -0.438 e. The Bertz CT molecular complexity index is 1550. The van der Waals surface area contributed by atoms with Crippen LogP contribution < -0.4 is 10.3 Å². The van der Waals surface area contributed by atoms with E-state index in [1.807, 2.05) is 11.8 Å². The van der Waals surface area contributed by atoms with Gasteiger partial charge in [0.05, 0.1) is 30.4 Å². The van der Waals surface area contributed by atoms with Gasteiger partial charge in [0.1, 0.15) is 17.1 Å². The quantitative estimate of drug-likeness (QED) is 0.300. The van der Waals surface area contributed by atoms with E-state index < -0.39 is 23.2 Å². The van der Waals surface area contributed by atoms with Crippen LogP contribution in [0.15, 0.2) is 59.8 Å². The van der Waals surface area contributed by atoms with Crippen LogP contribution in [-0.2, 0) is 30.4 Å². The summed E-state index contributed by atoms with van der Waals surface area (Å²) in [6, 6.07) is 9.99. The number of ether oxygens (including phenoxy) is 2. The van der Waals surface area contributed by atoms with Crippen LogP contribution in [0.3, 0.4) is 0 Å². The monoisotopic (exact) mass is 542 g/mol. The Morgan fingerprint density at radius 3 is 2.54 bits per heavy atom. The Hall–Kier alpha value is -3.83. The van der Waals surface area contributed by atoms with E-state index in [0.29, 0.717) is 56.9 Å². The molecule has 7 nitrogen and oxygen atoms in total. The average Bonchev–Trinajstić information content (AvgIpc) is 2.92. The fraction of sp³-hybridized carbons (Fsp3) is 0.321. The summed E-state index contributed by atoms with van der Waals surface area (Å²) < 4.78 is 68.1. The first kappa shape index (κ1) is 26.8. The average molecular weight is 543 g/mol. The Morgan fingerprint density at radius 2 is 1.79 bits per heavy atom. The van der Waals surface area contributed by atoms with E-state index in [4.69, 9.17) is 9.47 Å². The summed E-state index contributed by atoms with van der Waals surface area (Å²) in [7, 11) is 0. The molecule has 0 unspecified atom stereocenters. The van der Waals surface area contributed by atoms with Crippen molar-refractivity contribution < 1.29 is 27.0 Å². The predicted octanol–water partition coefficient (Wildman–Crippen LogP) is 5.18. The number of halogens is 4. The van der Waals surface area contributed by atoms with Crippen molar-refractivity contribution in [3.8, 4) is 11.6 Å². The zero-order chi connectivity index (χ0) is 27.6. The van der Waals surface area contributed by atoms with Gasteiger partial charge in [0.25, 0.3) is 5.56 Å². The first-order chi connectivity index (χ1) is 18.7. The number of morpholine rings is 1. The number of rotatable bonds is 7. The van der Waals surface area contributed by atoms with Crippen LogP contribution in [0.1, 0.15) is 29.2 Å². The van der Waals surface area contributed by atoms with Crippen LogP contribution in [-0.4, -0.2) is 45.7 Å². The summed E-state index contributed by atoms with van der Waals surface area (Å²) in [5, 5.41) is 0.174. The van der Waals surface area contributed by atoms with Crippen LogP contribution >= 0.6 is 0 Å². The van der Waals surface area contributed by atoms with Crippen molar-refractivity contribution in [3.63, 3.8) is 0 Å². The van der Waals surface area contributed by atoms with E-state index in [2.05, 4.69) is 9.97 Å². The second kappa shape index (κ2) is 11.1. The number of fused-ring (bicyclic) bond motifs is 1. The summed E-state index contributed by atoms with van der Waals surface area (Å²) >= 11 is 0. The number of alkyl halides is 3. The van der Waals surface area contributed by atoms with Crippen LogP contribution in [0.5, 0.6) is 11.6 Å². The van der Waals surface area contributed by atoms with Gasteiger partial charge in [0.15, 0.2) is 0 Å². The molecule has 1 saturated heterocycles. The molecule has 0 spiro atoms. The molecule has 0 saturated carbocycles. The lowest BCUT2D eigenvalue weighted by molar-refractivity contribution is -0.139. The maximum Gasteiger partial charge on any atom is 0.421 e. The van der Waals surface area contributed by atoms with Gasteiger partial charge in [-0.15, -0.1) is 0 Å². The molecule has 5 rings (SSSR count). The van der Waals surface area contributed by atoms with E-state index in [1.54, 1.807) is 16.7 Å². The largest absolute Gasteiger partial charge is 0.438 e. The highest BCUT2D eigenvalue weighted by Gasteiger charge is 2.36. The maximum absolute atomic E-state index is 13.9. The summed E-state index contributed by atoms with van der Waals surface area (Å²) in [5.74, 6) is -0.911. The molecular formula is C28H26F4N4O3. The fourth-order valence-electron chi connectivity index (χ4n) is 4.64. The molecule has 0 bridgehead atoms. The van der Waals surface area contributed by atoms with Crippen LogP contribution in [0.25, 0.3) is 10.9 Å². The molecule has 4 aromatic rings. The molecule has 0 radical (unpaired) electrons. The fourth-order valence-corrected chi connectivity index (χ4v) is 4.64. The van der Waals surface area contributed by atoms with Crippen LogP contribution in [0.2, 0.25) is 0 Å². The minimum absolute atomic E-state index is 0.0223. The van der Waals surface area contributed by atoms with E-state index in [0.717, 1.165) is 17.2 Å². The molecule has 39 heavy (non-hydrogen) atoms. The molecule has 0 N–H and O–H groups in total. The second-order valence-corrected chi connectivity index (χ2v) is 9.31. The molecule has 0 aliphatic carbocycles. The Morgan fingerprint density at radius 1 is 1.00 bits per heavy atom. The Kier molecular flexibility index (Phi) is 7.62. The lowest BCUT2D eigenvalue weighted by Gasteiger charge is -2.26. The van der Waals surface area contributed by atoms with Gasteiger partial charge in [-0.2, -0.15) is 18.2 Å². The Balaban J connectivity index is 1.44. The molecule has 204 valence electrons. The van der Waals surface area contributed by atoms with Crippen molar-refractivity contribution in [2.45, 2.75) is 32.6 Å². The Labute approximate surface area is 221 Å². The molecule has 2 aromatic heterocycles. The smallest absolute Gasteiger partial charge is 0.421 e. The molecule has 2 aromatic carbocycles. The van der Waals surface area contributed by atoms with E-state index in [-0.39, 0.29) is 17.0 Å². The zero-order valence-corrected chi connectivity index (χ0v) is 21.2. The number of aromatic nitrogens is 3. The van der Waals surface area contributed by atoms with Gasteiger partial charge in [-0.25, -0.2) is 9.37 Å². The lowest BCUT2D eigenvalue weighted by atomic mass is 10.0. The third kappa shape index (κ3) is 6.10. The van der Waals surface area contributed by atoms with E-state index in [1.165, 1.54) is 36.8 Å². The van der Waals surface area contributed by atoms with Gasteiger partial charge in [-0.1, -0.05) is 13.0 Å². The van der Waals surface area contributed by atoms with Crippen molar-refractivity contribution in [1.82, 2.24) is 19.4 Å². The van der Waals surface area contributed by atoms with Gasteiger partial charge in [-0.05, 0) is 59.5 Å². The SMILES string of the molecule is CCc1cc(F)ccc1Cn1cnc(=O)c2cc(Oc3ncc(CN4CCOCC4)cc3C(F)(F)F)ccc21. The first-order valence-electron chi connectivity index (χ1n) is 12.5. The van der Waals surface area contributed by atoms with Crippen molar-refractivity contribution >= 4 is 10.9 Å². The number of aryl methyl sites for hydroxylation is 1. The first-order valence-corrected chi connectivity index (χ1v) is 12.5. The van der Waals surface area contributed by atoms with Gasteiger partial charge < -0.3 is 14.0 Å². The second-order valence-electron chi connectivity index (χ2n) is 9.31. The molecule has 0 amide bonds. The number of pyridine rings is 1. The number of nitrogens with zero attached hydrogens (tertiary/aromatic N) is 4. The highest BCUT2D eigenvalue weighted by Crippen LogP contribution is 2.38. The predicted molar refractivity (Wildman–Crippen MR) is 136 cm³/mol. The van der Waals surface area contributed by atoms with Gasteiger partial charge in [0, 0.05) is 32.4 Å². The van der Waals surface area contributed by atoms with Crippen molar-refractivity contribution in [1.29, 1.82) is 0 Å². The maximum atomic E-state index is 13.9. The summed E-state index contributed by atoms with van der Waals surface area (Å²) in [4.78, 5) is 22.5. The standard InChI is InChI=1S/C28H26F4N4O3/c1-2-19-12-21(29)4-3-20(19)16-36-17-34-26(37)23-13-22(5-6-25(23)36)39-27-24(28(30,31)32)11-18(14-33-27)15-35-7-9-38-10-8-35/h3-6,11-14,17H,2,7-10,15-16H2,1H3. The molecule has 1 aliphatic rings. The number of hydrogen-bond acceptors (Lipinski definition) is 6. The zero-order valence-electron chi connectivity index (χ0n) is 21.2. The molecule has 3 heterocycles. The molecule has 1 fully saturated rings. The highest BCUT2D eigenvalue weighted by atomic mass is 19.4. The summed E-state index contributed by atoms with van der Waals surface area (Å²) in [6.07, 6.45) is -1.31. The number of hydrogen-bond donors (Lipinski definition) is 0. The van der Waals surface area contributed by atoms with Gasteiger partial charge in [-0.3, -0.25) is 9.69 Å². The lowest BCUT2D eigenvalue weighted by Crippen LogP contribution is -2.35. The molecule has 0 atom stereocenters. The van der Waals surface area contributed by atoms with Gasteiger partial charge >= 0.3 is 6.18 Å². The summed E-state index contributed by atoms with van der Waals surface area (Å²) in [6.45, 7) is 4.88. The third-order valence-corrected chi connectivity index (χ3v) is 6.65. The molecule has 11 heteroatoms. The topological polar surface area (TPSA) is 69.5 Å².